The molecule has 0 aliphatic rings. The molecule has 37 heavy (non-hydrogen) atoms. The van der Waals surface area contributed by atoms with Crippen LogP contribution in [-0.2, 0) is 38.1 Å². The summed E-state index contributed by atoms with van der Waals surface area (Å²) in [5.41, 5.74) is 10.5. The van der Waals surface area contributed by atoms with E-state index in [1.54, 1.807) is 0 Å². The molecule has 0 radical (unpaired) electrons. The molecule has 0 fully saturated rings. The lowest BCUT2D eigenvalue weighted by molar-refractivity contribution is -0.156. The fraction of sp³-hybridized carbons (Fsp3) is 0.880. The van der Waals surface area contributed by atoms with Gasteiger partial charge in [-0.2, -0.15) is 0 Å². The number of rotatable bonds is 24. The third-order valence-electron chi connectivity index (χ3n) is 4.74. The van der Waals surface area contributed by atoms with Crippen LogP contribution in [0.1, 0.15) is 59.3 Å². The Morgan fingerprint density at radius 2 is 1.27 bits per heavy atom. The Morgan fingerprint density at radius 1 is 0.730 bits per heavy atom. The van der Waals surface area contributed by atoms with Crippen LogP contribution >= 0.6 is 0 Å². The van der Waals surface area contributed by atoms with Gasteiger partial charge in [0.05, 0.1) is 59.3 Å². The highest BCUT2D eigenvalue weighted by molar-refractivity contribution is 5.87. The molecule has 0 unspecified atom stereocenters. The lowest BCUT2D eigenvalue weighted by Gasteiger charge is -2.19. The number of hydrogen-bond donors (Lipinski definition) is 4. The van der Waals surface area contributed by atoms with Crippen LogP contribution < -0.4 is 22.1 Å². The lowest BCUT2D eigenvalue weighted by atomic mass is 10.1. The van der Waals surface area contributed by atoms with E-state index in [4.69, 9.17) is 35.2 Å². The van der Waals surface area contributed by atoms with Crippen molar-refractivity contribution in [1.29, 1.82) is 0 Å². The molecule has 0 aromatic carbocycles. The predicted octanol–water partition coefficient (Wildman–Crippen LogP) is 0.254. The summed E-state index contributed by atoms with van der Waals surface area (Å²) in [4.78, 5) is 36.0. The zero-order valence-electron chi connectivity index (χ0n) is 23.0. The van der Waals surface area contributed by atoms with Crippen LogP contribution in [0.4, 0.5) is 0 Å². The van der Waals surface area contributed by atoms with Gasteiger partial charge in [0.15, 0.2) is 0 Å². The topological polar surface area (TPSA) is 173 Å². The summed E-state index contributed by atoms with van der Waals surface area (Å²) in [6.07, 6.45) is 3.17. The minimum Gasteiger partial charge on any atom is -0.460 e. The Bertz CT molecular complexity index is 602. The Kier molecular flexibility index (Phi) is 22.1. The van der Waals surface area contributed by atoms with E-state index in [9.17, 15) is 14.4 Å². The SMILES string of the molecule is CC(C)(C)OC(=O)CCOCCOCCOCCOCCNC(=O)[C@H](CCCCN)NC(=O)CCCN. The van der Waals surface area contributed by atoms with Gasteiger partial charge in [-0.1, -0.05) is 0 Å². The van der Waals surface area contributed by atoms with Gasteiger partial charge in [-0.3, -0.25) is 14.4 Å². The summed E-state index contributed by atoms with van der Waals surface area (Å²) in [5, 5.41) is 5.57. The maximum Gasteiger partial charge on any atom is 0.308 e. The van der Waals surface area contributed by atoms with Crippen molar-refractivity contribution in [3.8, 4) is 0 Å². The minimum atomic E-state index is -0.587. The fourth-order valence-corrected chi connectivity index (χ4v) is 2.97. The second kappa shape index (κ2) is 23.3. The maximum atomic E-state index is 12.4. The summed E-state index contributed by atoms with van der Waals surface area (Å²) >= 11 is 0. The highest BCUT2D eigenvalue weighted by Gasteiger charge is 2.19. The first-order chi connectivity index (χ1) is 17.7. The van der Waals surface area contributed by atoms with E-state index in [-0.39, 0.29) is 24.2 Å². The minimum absolute atomic E-state index is 0.179. The number of carbonyl (C=O) groups is 3. The maximum absolute atomic E-state index is 12.4. The van der Waals surface area contributed by atoms with Crippen molar-refractivity contribution in [1.82, 2.24) is 10.6 Å². The zero-order valence-corrected chi connectivity index (χ0v) is 23.0. The molecule has 0 saturated heterocycles. The second-order valence-electron chi connectivity index (χ2n) is 9.37. The Morgan fingerprint density at radius 3 is 1.81 bits per heavy atom. The molecule has 12 heteroatoms. The molecule has 0 spiro atoms. The van der Waals surface area contributed by atoms with Gasteiger partial charge in [-0.15, -0.1) is 0 Å². The summed E-state index contributed by atoms with van der Waals surface area (Å²) in [6, 6.07) is -0.587. The first kappa shape index (κ1) is 35.2. The van der Waals surface area contributed by atoms with Crippen LogP contribution in [-0.4, -0.2) is 102 Å². The van der Waals surface area contributed by atoms with Crippen molar-refractivity contribution in [2.24, 2.45) is 11.5 Å². The number of nitrogens with one attached hydrogen (secondary N) is 2. The number of amides is 2. The van der Waals surface area contributed by atoms with E-state index in [0.29, 0.717) is 91.8 Å². The van der Waals surface area contributed by atoms with E-state index < -0.39 is 11.6 Å². The van der Waals surface area contributed by atoms with Gasteiger partial charge in [-0.05, 0) is 59.5 Å². The van der Waals surface area contributed by atoms with Crippen LogP contribution in [0.3, 0.4) is 0 Å². The Balaban J connectivity index is 3.68. The summed E-state index contributed by atoms with van der Waals surface area (Å²) in [5.74, 6) is -0.693. The largest absolute Gasteiger partial charge is 0.460 e. The highest BCUT2D eigenvalue weighted by atomic mass is 16.6. The first-order valence-electron chi connectivity index (χ1n) is 13.2. The van der Waals surface area contributed by atoms with E-state index >= 15 is 0 Å². The molecule has 1 atom stereocenters. The molecule has 12 nitrogen and oxygen atoms in total. The van der Waals surface area contributed by atoms with E-state index in [0.717, 1.165) is 12.8 Å². The van der Waals surface area contributed by atoms with Crippen molar-refractivity contribution in [3.63, 3.8) is 0 Å². The number of hydrogen-bond acceptors (Lipinski definition) is 10. The molecule has 0 saturated carbocycles. The molecule has 218 valence electrons. The zero-order chi connectivity index (χ0) is 27.8. The van der Waals surface area contributed by atoms with Crippen LogP contribution in [0.2, 0.25) is 0 Å². The van der Waals surface area contributed by atoms with Gasteiger partial charge in [-0.25, -0.2) is 0 Å². The van der Waals surface area contributed by atoms with Gasteiger partial charge >= 0.3 is 5.97 Å². The molecule has 0 rings (SSSR count). The van der Waals surface area contributed by atoms with Crippen molar-refractivity contribution in [3.05, 3.63) is 0 Å². The third kappa shape index (κ3) is 24.3. The van der Waals surface area contributed by atoms with Crippen LogP contribution in [0.15, 0.2) is 0 Å². The standard InChI is InChI=1S/C25H50N4O8/c1-25(2,3)37-23(31)9-13-33-15-17-35-19-20-36-18-16-34-14-12-28-24(32)21(7-4-5-10-26)29-22(30)8-6-11-27/h21H,4-20,26-27H2,1-3H3,(H,28,32)(H,29,30)/t21-/m0/s1. The number of carbonyl (C=O) groups excluding carboxylic acids is 3. The Hall–Kier alpha value is -1.83. The average Bonchev–Trinajstić information content (AvgIpc) is 2.83. The highest BCUT2D eigenvalue weighted by Crippen LogP contribution is 2.08. The molecule has 0 aromatic heterocycles. The molecule has 2 amide bonds. The number of esters is 1. The molecule has 6 N–H and O–H groups in total. The van der Waals surface area contributed by atoms with E-state index in [1.807, 2.05) is 20.8 Å². The van der Waals surface area contributed by atoms with Gasteiger partial charge < -0.3 is 45.8 Å². The van der Waals surface area contributed by atoms with Gasteiger partial charge in [0, 0.05) is 13.0 Å². The van der Waals surface area contributed by atoms with E-state index in [2.05, 4.69) is 10.6 Å². The lowest BCUT2D eigenvalue weighted by Crippen LogP contribution is -2.47. The monoisotopic (exact) mass is 534 g/mol. The molecule has 0 bridgehead atoms. The molecule has 0 aliphatic carbocycles. The van der Waals surface area contributed by atoms with Crippen molar-refractivity contribution < 1.29 is 38.1 Å². The van der Waals surface area contributed by atoms with Crippen molar-refractivity contribution in [2.45, 2.75) is 70.9 Å². The predicted molar refractivity (Wildman–Crippen MR) is 140 cm³/mol. The fourth-order valence-electron chi connectivity index (χ4n) is 2.97. The molecular formula is C25H50N4O8. The van der Waals surface area contributed by atoms with E-state index in [1.165, 1.54) is 0 Å². The molecular weight excluding hydrogens is 484 g/mol. The van der Waals surface area contributed by atoms with Crippen LogP contribution in [0.25, 0.3) is 0 Å². The summed E-state index contributed by atoms with van der Waals surface area (Å²) in [6.45, 7) is 9.86. The number of nitrogens with two attached hydrogens (primary N) is 2. The quantitative estimate of drug-likeness (QED) is 0.0993. The van der Waals surface area contributed by atoms with Crippen LogP contribution in [0, 0.1) is 0 Å². The number of unbranched alkanes of at least 4 members (excludes halogenated alkanes) is 1. The third-order valence-corrected chi connectivity index (χ3v) is 4.74. The normalized spacial score (nSPS) is 12.2. The molecule has 0 aromatic rings. The smallest absolute Gasteiger partial charge is 0.308 e. The van der Waals surface area contributed by atoms with Crippen molar-refractivity contribution in [2.75, 3.05) is 72.5 Å². The Labute approximate surface area is 221 Å². The molecule has 0 heterocycles. The van der Waals surface area contributed by atoms with Crippen molar-refractivity contribution >= 4 is 17.8 Å². The summed E-state index contributed by atoms with van der Waals surface area (Å²) in [7, 11) is 0. The van der Waals surface area contributed by atoms with Gasteiger partial charge in [0.25, 0.3) is 0 Å². The average molecular weight is 535 g/mol. The first-order valence-corrected chi connectivity index (χ1v) is 13.2. The second-order valence-corrected chi connectivity index (χ2v) is 9.37. The van der Waals surface area contributed by atoms with Gasteiger partial charge in [0.2, 0.25) is 11.8 Å². The molecule has 0 aliphatic heterocycles. The van der Waals surface area contributed by atoms with Crippen LogP contribution in [0.5, 0.6) is 0 Å². The number of ether oxygens (including phenoxy) is 5. The van der Waals surface area contributed by atoms with Gasteiger partial charge in [0.1, 0.15) is 11.6 Å². The summed E-state index contributed by atoms with van der Waals surface area (Å²) < 4.78 is 26.8.